The molecule has 2 saturated carbocycles. The van der Waals surface area contributed by atoms with Gasteiger partial charge in [0, 0.05) is 25.2 Å². The first-order valence-corrected chi connectivity index (χ1v) is 9.84. The van der Waals surface area contributed by atoms with Crippen molar-refractivity contribution in [3.63, 3.8) is 0 Å². The molecule has 7 nitrogen and oxygen atoms in total. The monoisotopic (exact) mass is 345 g/mol. The van der Waals surface area contributed by atoms with Gasteiger partial charge >= 0.3 is 5.69 Å². The minimum Gasteiger partial charge on any atom is -0.336 e. The highest BCUT2D eigenvalue weighted by Gasteiger charge is 2.59. The Kier molecular flexibility index (Phi) is 3.55. The van der Waals surface area contributed by atoms with E-state index in [4.69, 9.17) is 0 Å². The number of hydrogen-bond donors (Lipinski definition) is 2. The van der Waals surface area contributed by atoms with Crippen molar-refractivity contribution >= 4 is 5.91 Å². The van der Waals surface area contributed by atoms with Crippen molar-refractivity contribution in [1.29, 1.82) is 0 Å². The van der Waals surface area contributed by atoms with Crippen LogP contribution in [-0.4, -0.2) is 56.1 Å². The molecule has 2 N–H and O–H groups in total. The van der Waals surface area contributed by atoms with E-state index in [2.05, 4.69) is 25.0 Å². The molecular formula is C18H27N5O2. The molecule has 1 amide bonds. The van der Waals surface area contributed by atoms with Crippen LogP contribution in [0.3, 0.4) is 0 Å². The average molecular weight is 345 g/mol. The van der Waals surface area contributed by atoms with Gasteiger partial charge < -0.3 is 4.90 Å². The zero-order chi connectivity index (χ0) is 17.0. The van der Waals surface area contributed by atoms with E-state index in [0.717, 1.165) is 32.4 Å². The molecule has 2 aliphatic carbocycles. The van der Waals surface area contributed by atoms with Crippen LogP contribution >= 0.6 is 0 Å². The number of hydrogen-bond acceptors (Lipinski definition) is 4. The summed E-state index contributed by atoms with van der Waals surface area (Å²) in [6.45, 7) is 2.42. The van der Waals surface area contributed by atoms with E-state index in [-0.39, 0.29) is 11.1 Å². The second-order valence-corrected chi connectivity index (χ2v) is 8.55. The maximum Gasteiger partial charge on any atom is 0.340 e. The fourth-order valence-electron chi connectivity index (χ4n) is 5.64. The minimum absolute atomic E-state index is 0.00314. The van der Waals surface area contributed by atoms with Gasteiger partial charge in [0.25, 0.3) is 0 Å². The summed E-state index contributed by atoms with van der Waals surface area (Å²) < 4.78 is 0. The normalized spacial score (nSPS) is 31.6. The summed E-state index contributed by atoms with van der Waals surface area (Å²) in [5, 5.41) is 6.44. The van der Waals surface area contributed by atoms with Gasteiger partial charge in [0.2, 0.25) is 5.91 Å². The standard InChI is InChI=1S/C18H27N5O2/c24-16(18(6-7-18)12-4-2-1-3-5-12)23-10-13-8-14(23)9-22(13)11-15-19-17(25)21-20-15/h12-14H,1-11H2,(H2,19,20,21,25)/t13-,14-/m0/s1. The number of likely N-dealkylation sites (tertiary alicyclic amines) is 2. The van der Waals surface area contributed by atoms with Crippen molar-refractivity contribution < 1.29 is 4.79 Å². The molecule has 5 rings (SSSR count). The molecule has 1 aromatic heterocycles. The molecule has 2 aliphatic heterocycles. The van der Waals surface area contributed by atoms with E-state index in [1.165, 1.54) is 32.1 Å². The van der Waals surface area contributed by atoms with Gasteiger partial charge in [-0.3, -0.25) is 14.7 Å². The number of carbonyl (C=O) groups is 1. The second kappa shape index (κ2) is 5.69. The van der Waals surface area contributed by atoms with Crippen molar-refractivity contribution in [3.8, 4) is 0 Å². The van der Waals surface area contributed by atoms with Gasteiger partial charge in [0.15, 0.2) is 0 Å². The predicted molar refractivity (Wildman–Crippen MR) is 91.8 cm³/mol. The van der Waals surface area contributed by atoms with Crippen molar-refractivity contribution in [3.05, 3.63) is 16.3 Å². The lowest BCUT2D eigenvalue weighted by atomic mass is 9.77. The molecule has 1 aromatic rings. The summed E-state index contributed by atoms with van der Waals surface area (Å²) in [5.74, 6) is 1.79. The van der Waals surface area contributed by atoms with Crippen LogP contribution in [0, 0.1) is 11.3 Å². The Morgan fingerprint density at radius 2 is 1.96 bits per heavy atom. The van der Waals surface area contributed by atoms with E-state index >= 15 is 0 Å². The molecule has 2 saturated heterocycles. The fraction of sp³-hybridized carbons (Fsp3) is 0.833. The van der Waals surface area contributed by atoms with Crippen molar-refractivity contribution in [2.45, 2.75) is 70.0 Å². The highest BCUT2D eigenvalue weighted by Crippen LogP contribution is 2.58. The Bertz CT molecular complexity index is 715. The van der Waals surface area contributed by atoms with E-state index in [1.807, 2.05) is 0 Å². The maximum absolute atomic E-state index is 13.3. The van der Waals surface area contributed by atoms with Gasteiger partial charge in [-0.1, -0.05) is 19.3 Å². The Morgan fingerprint density at radius 3 is 2.56 bits per heavy atom. The first-order chi connectivity index (χ1) is 12.2. The number of nitrogens with one attached hydrogen (secondary N) is 2. The summed E-state index contributed by atoms with van der Waals surface area (Å²) in [7, 11) is 0. The van der Waals surface area contributed by atoms with Gasteiger partial charge in [-0.25, -0.2) is 9.89 Å². The molecule has 0 aromatic carbocycles. The number of amides is 1. The molecule has 7 heteroatoms. The molecule has 3 heterocycles. The van der Waals surface area contributed by atoms with Gasteiger partial charge in [-0.2, -0.15) is 5.10 Å². The molecule has 0 radical (unpaired) electrons. The van der Waals surface area contributed by atoms with Gasteiger partial charge in [-0.15, -0.1) is 0 Å². The van der Waals surface area contributed by atoms with Crippen LogP contribution in [0.15, 0.2) is 4.79 Å². The summed E-state index contributed by atoms with van der Waals surface area (Å²) in [4.78, 5) is 31.8. The Morgan fingerprint density at radius 1 is 1.16 bits per heavy atom. The molecule has 4 fully saturated rings. The van der Waals surface area contributed by atoms with Crippen molar-refractivity contribution in [2.75, 3.05) is 13.1 Å². The van der Waals surface area contributed by atoms with E-state index in [9.17, 15) is 9.59 Å². The number of H-pyrrole nitrogens is 2. The van der Waals surface area contributed by atoms with Gasteiger partial charge in [0.05, 0.1) is 12.0 Å². The third-order valence-corrected chi connectivity index (χ3v) is 7.12. The maximum atomic E-state index is 13.3. The Balaban J connectivity index is 1.24. The Labute approximate surface area is 147 Å². The SMILES string of the molecule is O=C(N1C[C@@H]2C[C@H]1CN2Cc1n[nH]c(=O)[nH]1)C1(C2CCCCC2)CC1. The number of piperazine rings is 1. The Hall–Kier alpha value is -1.63. The number of fused-ring (bicyclic) bond motifs is 2. The molecule has 0 spiro atoms. The van der Waals surface area contributed by atoms with Crippen LogP contribution in [0.4, 0.5) is 0 Å². The lowest BCUT2D eigenvalue weighted by molar-refractivity contribution is -0.142. The van der Waals surface area contributed by atoms with Crippen LogP contribution in [-0.2, 0) is 11.3 Å². The molecule has 2 bridgehead atoms. The van der Waals surface area contributed by atoms with Gasteiger partial charge in [0.1, 0.15) is 5.82 Å². The van der Waals surface area contributed by atoms with Crippen molar-refractivity contribution in [1.82, 2.24) is 25.0 Å². The molecule has 4 aliphatic rings. The first-order valence-electron chi connectivity index (χ1n) is 9.84. The van der Waals surface area contributed by atoms with E-state index < -0.39 is 0 Å². The van der Waals surface area contributed by atoms with Crippen LogP contribution in [0.1, 0.15) is 57.2 Å². The number of rotatable bonds is 4. The third kappa shape index (κ3) is 2.55. The number of carbonyl (C=O) groups excluding carboxylic acids is 1. The smallest absolute Gasteiger partial charge is 0.336 e. The minimum atomic E-state index is -0.251. The summed E-state index contributed by atoms with van der Waals surface area (Å²) >= 11 is 0. The third-order valence-electron chi connectivity index (χ3n) is 7.12. The molecule has 25 heavy (non-hydrogen) atoms. The summed E-state index contributed by atoms with van der Waals surface area (Å²) in [5.41, 5.74) is -0.247. The molecule has 2 atom stereocenters. The van der Waals surface area contributed by atoms with Crippen LogP contribution < -0.4 is 5.69 Å². The average Bonchev–Trinajstić information content (AvgIpc) is 2.96. The fourth-order valence-corrected chi connectivity index (χ4v) is 5.64. The van der Waals surface area contributed by atoms with Crippen LogP contribution in [0.25, 0.3) is 0 Å². The van der Waals surface area contributed by atoms with E-state index in [0.29, 0.717) is 36.3 Å². The topological polar surface area (TPSA) is 85.1 Å². The van der Waals surface area contributed by atoms with E-state index in [1.54, 1.807) is 0 Å². The lowest BCUT2D eigenvalue weighted by Gasteiger charge is -2.38. The lowest BCUT2D eigenvalue weighted by Crippen LogP contribution is -2.51. The predicted octanol–water partition coefficient (Wildman–Crippen LogP) is 1.24. The second-order valence-electron chi connectivity index (χ2n) is 8.55. The zero-order valence-corrected chi connectivity index (χ0v) is 14.7. The zero-order valence-electron chi connectivity index (χ0n) is 14.7. The number of aromatic nitrogens is 3. The highest BCUT2D eigenvalue weighted by molar-refractivity contribution is 5.86. The summed E-state index contributed by atoms with van der Waals surface area (Å²) in [6, 6.07) is 0.764. The van der Waals surface area contributed by atoms with Gasteiger partial charge in [-0.05, 0) is 38.0 Å². The quantitative estimate of drug-likeness (QED) is 0.860. The summed E-state index contributed by atoms with van der Waals surface area (Å²) in [6.07, 6.45) is 9.77. The molecule has 0 unspecified atom stereocenters. The van der Waals surface area contributed by atoms with Crippen LogP contribution in [0.5, 0.6) is 0 Å². The van der Waals surface area contributed by atoms with Crippen LogP contribution in [0.2, 0.25) is 0 Å². The number of aromatic amines is 2. The molecular weight excluding hydrogens is 318 g/mol. The number of nitrogens with zero attached hydrogens (tertiary/aromatic N) is 3. The largest absolute Gasteiger partial charge is 0.340 e. The van der Waals surface area contributed by atoms with Crippen molar-refractivity contribution in [2.24, 2.45) is 11.3 Å². The highest BCUT2D eigenvalue weighted by atomic mass is 16.2. The molecule has 136 valence electrons. The first kappa shape index (κ1) is 15.6.